The van der Waals surface area contributed by atoms with E-state index in [-0.39, 0.29) is 0 Å². The lowest BCUT2D eigenvalue weighted by Gasteiger charge is -2.35. The zero-order chi connectivity index (χ0) is 20.9. The van der Waals surface area contributed by atoms with Gasteiger partial charge in [0.05, 0.1) is 11.4 Å². The number of hydrogen-bond acceptors (Lipinski definition) is 7. The molecule has 0 amide bonds. The number of aryl methyl sites for hydroxylation is 1. The molecule has 0 bridgehead atoms. The summed E-state index contributed by atoms with van der Waals surface area (Å²) in [6.07, 6.45) is 1.61. The highest BCUT2D eigenvalue weighted by atomic mass is 32.1. The standard InChI is InChI=1S/C23H26N6S/c1-3-19-20(14-24)22(27-26-21(19)4-2)29-12-10-28(11-13-29)15-18-16-30-23(25-18)17-8-6-5-7-9-17/h5-9,16H,3-4,10-13,15H2,1-2H3. The number of rotatable bonds is 6. The van der Waals surface area contributed by atoms with E-state index >= 15 is 0 Å². The summed E-state index contributed by atoms with van der Waals surface area (Å²) in [5.41, 5.74) is 4.97. The average molecular weight is 419 g/mol. The van der Waals surface area contributed by atoms with Gasteiger partial charge in [-0.3, -0.25) is 4.90 Å². The largest absolute Gasteiger partial charge is 0.351 e. The zero-order valence-corrected chi connectivity index (χ0v) is 18.3. The van der Waals surface area contributed by atoms with Crippen LogP contribution in [0.1, 0.15) is 36.4 Å². The van der Waals surface area contributed by atoms with Gasteiger partial charge in [0.25, 0.3) is 0 Å². The molecule has 6 nitrogen and oxygen atoms in total. The second-order valence-electron chi connectivity index (χ2n) is 7.42. The second kappa shape index (κ2) is 9.33. The number of thiazole rings is 1. The Morgan fingerprint density at radius 2 is 1.80 bits per heavy atom. The molecule has 0 radical (unpaired) electrons. The van der Waals surface area contributed by atoms with Crippen LogP contribution in [0.3, 0.4) is 0 Å². The van der Waals surface area contributed by atoms with E-state index in [2.05, 4.69) is 57.4 Å². The summed E-state index contributed by atoms with van der Waals surface area (Å²) in [6.45, 7) is 8.51. The van der Waals surface area contributed by atoms with Crippen molar-refractivity contribution in [1.29, 1.82) is 5.26 Å². The first kappa shape index (κ1) is 20.5. The number of piperazine rings is 1. The van der Waals surface area contributed by atoms with E-state index in [0.29, 0.717) is 5.56 Å². The summed E-state index contributed by atoms with van der Waals surface area (Å²) in [7, 11) is 0. The summed E-state index contributed by atoms with van der Waals surface area (Å²) in [5.74, 6) is 0.742. The molecule has 3 heterocycles. The third kappa shape index (κ3) is 4.20. The fraction of sp³-hybridized carbons (Fsp3) is 0.391. The van der Waals surface area contributed by atoms with Crippen LogP contribution < -0.4 is 4.90 Å². The lowest BCUT2D eigenvalue weighted by atomic mass is 10.0. The number of aromatic nitrogens is 3. The minimum atomic E-state index is 0.699. The smallest absolute Gasteiger partial charge is 0.169 e. The highest BCUT2D eigenvalue weighted by molar-refractivity contribution is 7.13. The maximum Gasteiger partial charge on any atom is 0.169 e. The molecule has 0 N–H and O–H groups in total. The molecule has 0 unspecified atom stereocenters. The van der Waals surface area contributed by atoms with Gasteiger partial charge in [-0.15, -0.1) is 16.4 Å². The first-order valence-corrected chi connectivity index (χ1v) is 11.4. The topological polar surface area (TPSA) is 68.9 Å². The maximum absolute atomic E-state index is 9.76. The summed E-state index contributed by atoms with van der Waals surface area (Å²) in [6, 6.07) is 12.7. The van der Waals surface area contributed by atoms with Gasteiger partial charge in [-0.25, -0.2) is 4.98 Å². The summed E-state index contributed by atoms with van der Waals surface area (Å²) >= 11 is 1.70. The van der Waals surface area contributed by atoms with Crippen LogP contribution in [0.15, 0.2) is 35.7 Å². The minimum Gasteiger partial charge on any atom is -0.351 e. The predicted octanol–water partition coefficient (Wildman–Crippen LogP) is 3.92. The Kier molecular flexibility index (Phi) is 6.36. The van der Waals surface area contributed by atoms with Crippen molar-refractivity contribution in [1.82, 2.24) is 20.1 Å². The Morgan fingerprint density at radius 3 is 2.47 bits per heavy atom. The molecule has 30 heavy (non-hydrogen) atoms. The Labute approximate surface area is 181 Å². The molecule has 3 aromatic rings. The van der Waals surface area contributed by atoms with E-state index in [1.807, 2.05) is 18.2 Å². The quantitative estimate of drug-likeness (QED) is 0.604. The van der Waals surface area contributed by atoms with Gasteiger partial charge in [-0.05, 0) is 18.4 Å². The van der Waals surface area contributed by atoms with Gasteiger partial charge >= 0.3 is 0 Å². The molecule has 7 heteroatoms. The first-order chi connectivity index (χ1) is 14.7. The van der Waals surface area contributed by atoms with Crippen molar-refractivity contribution in [2.45, 2.75) is 33.2 Å². The Morgan fingerprint density at radius 1 is 1.03 bits per heavy atom. The van der Waals surface area contributed by atoms with Crippen molar-refractivity contribution >= 4 is 17.2 Å². The normalized spacial score (nSPS) is 14.6. The molecule has 4 rings (SSSR count). The first-order valence-electron chi connectivity index (χ1n) is 10.5. The van der Waals surface area contributed by atoms with Crippen LogP contribution in [-0.2, 0) is 19.4 Å². The fourth-order valence-corrected chi connectivity index (χ4v) is 4.76. The van der Waals surface area contributed by atoms with Crippen LogP contribution in [0.25, 0.3) is 10.6 Å². The maximum atomic E-state index is 9.76. The molecule has 0 atom stereocenters. The van der Waals surface area contributed by atoms with E-state index in [4.69, 9.17) is 4.98 Å². The average Bonchev–Trinajstić information content (AvgIpc) is 3.27. The summed E-state index contributed by atoms with van der Waals surface area (Å²) in [5, 5.41) is 21.8. The number of hydrogen-bond donors (Lipinski definition) is 0. The molecule has 1 aliphatic heterocycles. The SMILES string of the molecule is CCc1nnc(N2CCN(Cc3csc(-c4ccccc4)n3)CC2)c(C#N)c1CC. The van der Waals surface area contributed by atoms with E-state index in [1.54, 1.807) is 11.3 Å². The van der Waals surface area contributed by atoms with Gasteiger partial charge in [0.1, 0.15) is 16.6 Å². The highest BCUT2D eigenvalue weighted by Crippen LogP contribution is 2.26. The highest BCUT2D eigenvalue weighted by Gasteiger charge is 2.24. The third-order valence-corrected chi connectivity index (χ3v) is 6.51. The van der Waals surface area contributed by atoms with Crippen molar-refractivity contribution in [2.75, 3.05) is 31.1 Å². The minimum absolute atomic E-state index is 0.699. The third-order valence-electron chi connectivity index (χ3n) is 5.57. The van der Waals surface area contributed by atoms with Crippen LogP contribution in [0.2, 0.25) is 0 Å². The lowest BCUT2D eigenvalue weighted by Crippen LogP contribution is -2.46. The van der Waals surface area contributed by atoms with Crippen LogP contribution in [0.5, 0.6) is 0 Å². The van der Waals surface area contributed by atoms with Crippen LogP contribution >= 0.6 is 11.3 Å². The van der Waals surface area contributed by atoms with Crippen molar-refractivity contribution in [3.8, 4) is 16.6 Å². The number of nitrogens with zero attached hydrogens (tertiary/aromatic N) is 6. The van der Waals surface area contributed by atoms with E-state index in [1.165, 1.54) is 5.56 Å². The molecule has 0 spiro atoms. The van der Waals surface area contributed by atoms with Crippen molar-refractivity contribution in [2.24, 2.45) is 0 Å². The van der Waals surface area contributed by atoms with E-state index in [9.17, 15) is 5.26 Å². The Bertz CT molecular complexity index is 1030. The van der Waals surface area contributed by atoms with Crippen molar-refractivity contribution in [3.05, 3.63) is 58.2 Å². The Hall–Kier alpha value is -2.82. The second-order valence-corrected chi connectivity index (χ2v) is 8.27. The van der Waals surface area contributed by atoms with Gasteiger partial charge in [0.15, 0.2) is 5.82 Å². The van der Waals surface area contributed by atoms with Crippen molar-refractivity contribution in [3.63, 3.8) is 0 Å². The number of benzene rings is 1. The molecule has 2 aromatic heterocycles. The molecule has 1 saturated heterocycles. The number of anilines is 1. The van der Waals surface area contributed by atoms with Gasteiger partial charge < -0.3 is 4.90 Å². The van der Waals surface area contributed by atoms with Crippen LogP contribution in [0, 0.1) is 11.3 Å². The predicted molar refractivity (Wildman–Crippen MR) is 121 cm³/mol. The van der Waals surface area contributed by atoms with Gasteiger partial charge in [0.2, 0.25) is 0 Å². The monoisotopic (exact) mass is 418 g/mol. The zero-order valence-electron chi connectivity index (χ0n) is 17.5. The molecular weight excluding hydrogens is 392 g/mol. The lowest BCUT2D eigenvalue weighted by molar-refractivity contribution is 0.247. The molecule has 1 aromatic carbocycles. The molecule has 1 aliphatic rings. The Balaban J connectivity index is 1.41. The summed E-state index contributed by atoms with van der Waals surface area (Å²) in [4.78, 5) is 9.44. The molecule has 1 fully saturated rings. The molecule has 0 aliphatic carbocycles. The summed E-state index contributed by atoms with van der Waals surface area (Å²) < 4.78 is 0. The van der Waals surface area contributed by atoms with Gasteiger partial charge in [0, 0.05) is 43.7 Å². The van der Waals surface area contributed by atoms with E-state index in [0.717, 1.165) is 73.3 Å². The fourth-order valence-electron chi connectivity index (χ4n) is 3.94. The molecular formula is C23H26N6S. The van der Waals surface area contributed by atoms with Crippen LogP contribution in [0.4, 0.5) is 5.82 Å². The van der Waals surface area contributed by atoms with Gasteiger partial charge in [-0.1, -0.05) is 44.2 Å². The van der Waals surface area contributed by atoms with Crippen LogP contribution in [-0.4, -0.2) is 46.3 Å². The molecule has 0 saturated carbocycles. The molecule has 154 valence electrons. The van der Waals surface area contributed by atoms with Gasteiger partial charge in [-0.2, -0.15) is 10.4 Å². The number of nitriles is 1. The van der Waals surface area contributed by atoms with E-state index < -0.39 is 0 Å². The van der Waals surface area contributed by atoms with Crippen molar-refractivity contribution < 1.29 is 0 Å².